The molecule has 7 aromatic rings. The van der Waals surface area contributed by atoms with E-state index in [1.165, 1.54) is 72.0 Å². The summed E-state index contributed by atoms with van der Waals surface area (Å²) in [5.41, 5.74) is 14.2. The van der Waals surface area contributed by atoms with Crippen molar-refractivity contribution in [2.45, 2.75) is 6.42 Å². The Hall–Kier alpha value is -4.88. The molecular formula is C37H25N. The van der Waals surface area contributed by atoms with Crippen LogP contribution in [0.4, 0.5) is 0 Å². The van der Waals surface area contributed by atoms with Crippen LogP contribution in [0.5, 0.6) is 0 Å². The predicted octanol–water partition coefficient (Wildman–Crippen LogP) is 9.69. The highest BCUT2D eigenvalue weighted by atomic mass is 15.0. The number of aromatic nitrogens is 1. The summed E-state index contributed by atoms with van der Waals surface area (Å²) in [5.74, 6) is 0. The van der Waals surface area contributed by atoms with E-state index in [2.05, 4.69) is 144 Å². The zero-order valence-electron chi connectivity index (χ0n) is 20.9. The topological polar surface area (TPSA) is 4.93 Å². The first-order chi connectivity index (χ1) is 18.8. The molecule has 0 amide bonds. The monoisotopic (exact) mass is 483 g/mol. The van der Waals surface area contributed by atoms with Gasteiger partial charge in [0.2, 0.25) is 0 Å². The van der Waals surface area contributed by atoms with E-state index in [-0.39, 0.29) is 0 Å². The van der Waals surface area contributed by atoms with Crippen LogP contribution >= 0.6 is 0 Å². The van der Waals surface area contributed by atoms with Crippen LogP contribution in [0.3, 0.4) is 0 Å². The summed E-state index contributed by atoms with van der Waals surface area (Å²) in [6.07, 6.45) is 1.01. The zero-order chi connectivity index (χ0) is 25.1. The summed E-state index contributed by atoms with van der Waals surface area (Å²) in [5, 5.41) is 2.57. The Morgan fingerprint density at radius 2 is 1.03 bits per heavy atom. The fraction of sp³-hybridized carbons (Fsp3) is 0.0270. The molecule has 0 saturated heterocycles. The summed E-state index contributed by atoms with van der Waals surface area (Å²) >= 11 is 0. The third-order valence-electron chi connectivity index (χ3n) is 8.03. The minimum absolute atomic E-state index is 1.01. The molecule has 0 saturated carbocycles. The first-order valence-electron chi connectivity index (χ1n) is 13.2. The van der Waals surface area contributed by atoms with Crippen molar-refractivity contribution in [3.05, 3.63) is 151 Å². The zero-order valence-corrected chi connectivity index (χ0v) is 20.9. The highest BCUT2D eigenvalue weighted by Gasteiger charge is 2.19. The Bertz CT molecular complexity index is 1970. The smallest absolute Gasteiger partial charge is 0.0547 e. The Morgan fingerprint density at radius 1 is 0.395 bits per heavy atom. The molecule has 1 aliphatic rings. The van der Waals surface area contributed by atoms with Crippen LogP contribution in [-0.2, 0) is 6.42 Å². The van der Waals surface area contributed by atoms with Crippen LogP contribution in [0.1, 0.15) is 11.1 Å². The molecule has 0 unspecified atom stereocenters. The van der Waals surface area contributed by atoms with E-state index < -0.39 is 0 Å². The van der Waals surface area contributed by atoms with Gasteiger partial charge >= 0.3 is 0 Å². The van der Waals surface area contributed by atoms with Gasteiger partial charge in [0.25, 0.3) is 0 Å². The summed E-state index contributed by atoms with van der Waals surface area (Å²) in [6, 6.07) is 50.9. The lowest BCUT2D eigenvalue weighted by molar-refractivity contribution is 1.18. The standard InChI is InChI=1S/C37H25N/c1-2-8-25(9-3-1)26-14-18-31(19-15-26)38-36-13-7-6-12-34(36)35-21-17-28(24-37(35)38)27-16-20-33-30(22-27)23-29-10-4-5-11-32(29)33/h1-22,24H,23H2. The molecule has 0 fully saturated rings. The van der Waals surface area contributed by atoms with Crippen molar-refractivity contribution in [1.82, 2.24) is 4.57 Å². The van der Waals surface area contributed by atoms with Gasteiger partial charge in [-0.05, 0) is 75.2 Å². The maximum absolute atomic E-state index is 2.41. The van der Waals surface area contributed by atoms with E-state index in [9.17, 15) is 0 Å². The fourth-order valence-corrected chi connectivity index (χ4v) is 6.19. The van der Waals surface area contributed by atoms with Crippen molar-refractivity contribution < 1.29 is 0 Å². The molecule has 0 N–H and O–H groups in total. The minimum Gasteiger partial charge on any atom is -0.309 e. The highest BCUT2D eigenvalue weighted by Crippen LogP contribution is 2.40. The number of hydrogen-bond donors (Lipinski definition) is 0. The van der Waals surface area contributed by atoms with Gasteiger partial charge in [0, 0.05) is 16.5 Å². The SMILES string of the molecule is c1ccc(-c2ccc(-n3c4ccccc4c4ccc(-c5ccc6c(c5)Cc5ccccc5-6)cc43)cc2)cc1. The lowest BCUT2D eigenvalue weighted by Crippen LogP contribution is -1.94. The second-order valence-electron chi connectivity index (χ2n) is 10.2. The molecule has 1 aromatic heterocycles. The Morgan fingerprint density at radius 3 is 1.92 bits per heavy atom. The van der Waals surface area contributed by atoms with E-state index in [0.717, 1.165) is 6.42 Å². The van der Waals surface area contributed by atoms with Crippen molar-refractivity contribution in [1.29, 1.82) is 0 Å². The van der Waals surface area contributed by atoms with E-state index in [0.29, 0.717) is 0 Å². The maximum atomic E-state index is 2.41. The summed E-state index contributed by atoms with van der Waals surface area (Å²) < 4.78 is 2.41. The fourth-order valence-electron chi connectivity index (χ4n) is 6.19. The lowest BCUT2D eigenvalue weighted by atomic mass is 9.98. The van der Waals surface area contributed by atoms with Crippen LogP contribution < -0.4 is 0 Å². The van der Waals surface area contributed by atoms with Gasteiger partial charge in [-0.25, -0.2) is 0 Å². The Labute approximate surface area is 222 Å². The van der Waals surface area contributed by atoms with E-state index >= 15 is 0 Å². The molecule has 0 bridgehead atoms. The molecule has 1 aliphatic carbocycles. The second kappa shape index (κ2) is 8.33. The summed E-state index contributed by atoms with van der Waals surface area (Å²) in [7, 11) is 0. The van der Waals surface area contributed by atoms with Crippen LogP contribution in [0.15, 0.2) is 140 Å². The number of para-hydroxylation sites is 1. The quantitative estimate of drug-likeness (QED) is 0.236. The summed E-state index contributed by atoms with van der Waals surface area (Å²) in [4.78, 5) is 0. The van der Waals surface area contributed by atoms with Crippen molar-refractivity contribution in [2.24, 2.45) is 0 Å². The van der Waals surface area contributed by atoms with Crippen LogP contribution in [0.25, 0.3) is 60.9 Å². The molecule has 6 aromatic carbocycles. The number of nitrogens with zero attached hydrogens (tertiary/aromatic N) is 1. The molecule has 1 nitrogen and oxygen atoms in total. The van der Waals surface area contributed by atoms with Crippen molar-refractivity contribution in [2.75, 3.05) is 0 Å². The minimum atomic E-state index is 1.01. The van der Waals surface area contributed by atoms with Gasteiger partial charge in [-0.1, -0.05) is 115 Å². The molecule has 0 atom stereocenters. The van der Waals surface area contributed by atoms with Gasteiger partial charge in [-0.3, -0.25) is 0 Å². The number of hydrogen-bond acceptors (Lipinski definition) is 0. The van der Waals surface area contributed by atoms with Crippen molar-refractivity contribution >= 4 is 21.8 Å². The molecular weight excluding hydrogens is 458 g/mol. The first-order valence-corrected chi connectivity index (χ1v) is 13.2. The molecule has 8 rings (SSSR count). The normalized spacial score (nSPS) is 12.1. The van der Waals surface area contributed by atoms with Gasteiger partial charge < -0.3 is 4.57 Å². The van der Waals surface area contributed by atoms with E-state index in [1.54, 1.807) is 0 Å². The number of benzene rings is 6. The Kier molecular flexibility index (Phi) is 4.65. The van der Waals surface area contributed by atoms with Gasteiger partial charge in [0.15, 0.2) is 0 Å². The Balaban J connectivity index is 1.27. The molecule has 1 heterocycles. The largest absolute Gasteiger partial charge is 0.309 e. The number of fused-ring (bicyclic) bond motifs is 6. The van der Waals surface area contributed by atoms with Gasteiger partial charge in [-0.2, -0.15) is 0 Å². The molecule has 0 spiro atoms. The maximum Gasteiger partial charge on any atom is 0.0547 e. The average Bonchev–Trinajstić information content (AvgIpc) is 3.52. The van der Waals surface area contributed by atoms with Crippen molar-refractivity contribution in [3.8, 4) is 39.1 Å². The van der Waals surface area contributed by atoms with Gasteiger partial charge in [0.05, 0.1) is 11.0 Å². The van der Waals surface area contributed by atoms with Crippen LogP contribution in [-0.4, -0.2) is 4.57 Å². The van der Waals surface area contributed by atoms with Crippen molar-refractivity contribution in [3.63, 3.8) is 0 Å². The third-order valence-corrected chi connectivity index (χ3v) is 8.03. The summed E-state index contributed by atoms with van der Waals surface area (Å²) in [6.45, 7) is 0. The average molecular weight is 484 g/mol. The molecule has 0 aliphatic heterocycles. The predicted molar refractivity (Wildman–Crippen MR) is 160 cm³/mol. The molecule has 178 valence electrons. The number of rotatable bonds is 3. The third kappa shape index (κ3) is 3.26. The van der Waals surface area contributed by atoms with Crippen LogP contribution in [0.2, 0.25) is 0 Å². The van der Waals surface area contributed by atoms with Gasteiger partial charge in [-0.15, -0.1) is 0 Å². The van der Waals surface area contributed by atoms with E-state index in [4.69, 9.17) is 0 Å². The molecule has 0 radical (unpaired) electrons. The first kappa shape index (κ1) is 21.2. The highest BCUT2D eigenvalue weighted by molar-refractivity contribution is 6.10. The van der Waals surface area contributed by atoms with Crippen LogP contribution in [0, 0.1) is 0 Å². The second-order valence-corrected chi connectivity index (χ2v) is 10.2. The molecule has 38 heavy (non-hydrogen) atoms. The lowest BCUT2D eigenvalue weighted by Gasteiger charge is -2.11. The van der Waals surface area contributed by atoms with E-state index in [1.807, 2.05) is 0 Å². The molecule has 1 heteroatoms. The van der Waals surface area contributed by atoms with Gasteiger partial charge in [0.1, 0.15) is 0 Å².